The van der Waals surface area contributed by atoms with Crippen LogP contribution < -0.4 is 0 Å². The molecule has 1 aromatic heterocycles. The molecular weight excluding hydrogens is 288 g/mol. The summed E-state index contributed by atoms with van der Waals surface area (Å²) in [6.07, 6.45) is 0.800. The second-order valence-electron chi connectivity index (χ2n) is 4.69. The van der Waals surface area contributed by atoms with Gasteiger partial charge in [0.2, 0.25) is 0 Å². The summed E-state index contributed by atoms with van der Waals surface area (Å²) < 4.78 is 0. The van der Waals surface area contributed by atoms with Gasteiger partial charge >= 0.3 is 0 Å². The van der Waals surface area contributed by atoms with Crippen molar-refractivity contribution in [2.75, 3.05) is 24.6 Å². The zero-order chi connectivity index (χ0) is 13.8. The first kappa shape index (κ1) is 13.6. The van der Waals surface area contributed by atoms with Gasteiger partial charge in [-0.25, -0.2) is 4.98 Å². The van der Waals surface area contributed by atoms with Gasteiger partial charge in [-0.2, -0.15) is 11.8 Å². The van der Waals surface area contributed by atoms with Gasteiger partial charge in [0.1, 0.15) is 5.69 Å². The molecule has 104 valence electrons. The molecule has 0 aliphatic carbocycles. The average Bonchev–Trinajstić information content (AvgIpc) is 2.97. The largest absolute Gasteiger partial charge is 0.336 e. The molecule has 20 heavy (non-hydrogen) atoms. The highest BCUT2D eigenvalue weighted by molar-refractivity contribution is 7.99. The van der Waals surface area contributed by atoms with Crippen LogP contribution in [0.15, 0.2) is 35.7 Å². The molecule has 1 aromatic carbocycles. The van der Waals surface area contributed by atoms with Crippen LogP contribution in [0.5, 0.6) is 0 Å². The van der Waals surface area contributed by atoms with Gasteiger partial charge in [0.05, 0.1) is 5.01 Å². The quantitative estimate of drug-likeness (QED) is 0.874. The van der Waals surface area contributed by atoms with Crippen LogP contribution in [0.25, 0.3) is 0 Å². The Kier molecular flexibility index (Phi) is 4.38. The zero-order valence-corrected chi connectivity index (χ0v) is 12.8. The molecule has 5 heteroatoms. The highest BCUT2D eigenvalue weighted by Crippen LogP contribution is 2.18. The van der Waals surface area contributed by atoms with E-state index in [1.54, 1.807) is 11.3 Å². The summed E-state index contributed by atoms with van der Waals surface area (Å²) >= 11 is 3.48. The van der Waals surface area contributed by atoms with Crippen LogP contribution in [0.2, 0.25) is 0 Å². The number of benzene rings is 1. The van der Waals surface area contributed by atoms with E-state index in [4.69, 9.17) is 0 Å². The second-order valence-corrected chi connectivity index (χ2v) is 6.86. The minimum Gasteiger partial charge on any atom is -0.336 e. The first-order valence-electron chi connectivity index (χ1n) is 6.68. The van der Waals surface area contributed by atoms with Gasteiger partial charge in [-0.1, -0.05) is 30.3 Å². The molecule has 0 bridgehead atoms. The Morgan fingerprint density at radius 2 is 1.95 bits per heavy atom. The van der Waals surface area contributed by atoms with Crippen molar-refractivity contribution >= 4 is 29.0 Å². The fourth-order valence-corrected chi connectivity index (χ4v) is 3.89. The predicted octanol–water partition coefficient (Wildman–Crippen LogP) is 2.92. The molecule has 2 aromatic rings. The van der Waals surface area contributed by atoms with Gasteiger partial charge in [-0.3, -0.25) is 4.79 Å². The molecule has 1 aliphatic rings. The number of hydrogen-bond donors (Lipinski definition) is 0. The number of hydrogen-bond acceptors (Lipinski definition) is 4. The van der Waals surface area contributed by atoms with E-state index in [0.29, 0.717) is 5.69 Å². The summed E-state index contributed by atoms with van der Waals surface area (Å²) in [6, 6.07) is 10.2. The number of nitrogens with zero attached hydrogens (tertiary/aromatic N) is 2. The lowest BCUT2D eigenvalue weighted by atomic mass is 10.2. The molecule has 3 nitrogen and oxygen atoms in total. The molecule has 1 amide bonds. The molecule has 1 fully saturated rings. The third-order valence-corrected chi connectivity index (χ3v) is 5.06. The maximum absolute atomic E-state index is 12.3. The van der Waals surface area contributed by atoms with E-state index >= 15 is 0 Å². The van der Waals surface area contributed by atoms with Crippen molar-refractivity contribution in [2.24, 2.45) is 0 Å². The molecule has 3 rings (SSSR count). The predicted molar refractivity (Wildman–Crippen MR) is 84.6 cm³/mol. The van der Waals surface area contributed by atoms with E-state index in [0.717, 1.165) is 36.0 Å². The van der Waals surface area contributed by atoms with Gasteiger partial charge in [-0.05, 0) is 5.56 Å². The lowest BCUT2D eigenvalue weighted by molar-refractivity contribution is 0.0767. The number of carbonyl (C=O) groups excluding carboxylic acids is 1. The Bertz CT molecular complexity index is 577. The summed E-state index contributed by atoms with van der Waals surface area (Å²) in [6.45, 7) is 1.68. The van der Waals surface area contributed by atoms with Crippen LogP contribution >= 0.6 is 23.1 Å². The van der Waals surface area contributed by atoms with Crippen LogP contribution in [0, 0.1) is 0 Å². The maximum Gasteiger partial charge on any atom is 0.273 e. The molecule has 1 saturated heterocycles. The Labute approximate surface area is 127 Å². The summed E-state index contributed by atoms with van der Waals surface area (Å²) in [5.41, 5.74) is 1.84. The first-order chi connectivity index (χ1) is 9.83. The molecule has 0 N–H and O–H groups in total. The Morgan fingerprint density at radius 1 is 1.20 bits per heavy atom. The van der Waals surface area contributed by atoms with Crippen LogP contribution in [-0.4, -0.2) is 40.4 Å². The monoisotopic (exact) mass is 304 g/mol. The van der Waals surface area contributed by atoms with E-state index in [1.165, 1.54) is 5.56 Å². The highest BCUT2D eigenvalue weighted by Gasteiger charge is 2.20. The Balaban J connectivity index is 1.68. The van der Waals surface area contributed by atoms with Crippen molar-refractivity contribution in [2.45, 2.75) is 6.42 Å². The van der Waals surface area contributed by atoms with Crippen LogP contribution in [0.4, 0.5) is 0 Å². The number of thioether (sulfide) groups is 1. The lowest BCUT2D eigenvalue weighted by Gasteiger charge is -2.25. The fraction of sp³-hybridized carbons (Fsp3) is 0.333. The number of thiazole rings is 1. The number of carbonyl (C=O) groups is 1. The minimum atomic E-state index is 0.0841. The molecule has 0 unspecified atom stereocenters. The summed E-state index contributed by atoms with van der Waals surface area (Å²) in [4.78, 5) is 18.7. The molecule has 1 aliphatic heterocycles. The van der Waals surface area contributed by atoms with Crippen molar-refractivity contribution in [1.29, 1.82) is 0 Å². The van der Waals surface area contributed by atoms with Gasteiger partial charge in [0, 0.05) is 36.4 Å². The van der Waals surface area contributed by atoms with Gasteiger partial charge in [0.25, 0.3) is 5.91 Å². The van der Waals surface area contributed by atoms with E-state index in [1.807, 2.05) is 40.2 Å². The number of amides is 1. The average molecular weight is 304 g/mol. The van der Waals surface area contributed by atoms with Crippen LogP contribution in [0.1, 0.15) is 21.1 Å². The third kappa shape index (κ3) is 3.22. The Hall–Kier alpha value is -1.33. The van der Waals surface area contributed by atoms with Crippen molar-refractivity contribution in [3.63, 3.8) is 0 Å². The molecule has 0 atom stereocenters. The molecular formula is C15H16N2OS2. The van der Waals surface area contributed by atoms with Crippen LogP contribution in [-0.2, 0) is 6.42 Å². The van der Waals surface area contributed by atoms with Crippen LogP contribution in [0.3, 0.4) is 0 Å². The van der Waals surface area contributed by atoms with E-state index < -0.39 is 0 Å². The highest BCUT2D eigenvalue weighted by atomic mass is 32.2. The lowest BCUT2D eigenvalue weighted by Crippen LogP contribution is -2.38. The molecule has 0 radical (unpaired) electrons. The zero-order valence-electron chi connectivity index (χ0n) is 11.1. The minimum absolute atomic E-state index is 0.0841. The van der Waals surface area contributed by atoms with Gasteiger partial charge < -0.3 is 4.90 Å². The van der Waals surface area contributed by atoms with Crippen molar-refractivity contribution in [3.05, 3.63) is 52.0 Å². The molecule has 0 saturated carbocycles. The number of rotatable bonds is 3. The normalized spacial score (nSPS) is 15.3. The van der Waals surface area contributed by atoms with Crippen molar-refractivity contribution in [1.82, 2.24) is 9.88 Å². The summed E-state index contributed by atoms with van der Waals surface area (Å²) in [5.74, 6) is 2.15. The van der Waals surface area contributed by atoms with E-state index in [9.17, 15) is 4.79 Å². The van der Waals surface area contributed by atoms with Crippen molar-refractivity contribution < 1.29 is 4.79 Å². The Morgan fingerprint density at radius 3 is 2.70 bits per heavy atom. The second kappa shape index (κ2) is 6.41. The summed E-state index contributed by atoms with van der Waals surface area (Å²) in [5, 5.41) is 2.90. The van der Waals surface area contributed by atoms with Gasteiger partial charge in [-0.15, -0.1) is 11.3 Å². The van der Waals surface area contributed by atoms with E-state index in [2.05, 4.69) is 17.1 Å². The maximum atomic E-state index is 12.3. The summed E-state index contributed by atoms with van der Waals surface area (Å²) in [7, 11) is 0. The van der Waals surface area contributed by atoms with Gasteiger partial charge in [0.15, 0.2) is 0 Å². The molecule has 2 heterocycles. The van der Waals surface area contributed by atoms with E-state index in [-0.39, 0.29) is 5.91 Å². The number of aromatic nitrogens is 1. The van der Waals surface area contributed by atoms with Crippen molar-refractivity contribution in [3.8, 4) is 0 Å². The standard InChI is InChI=1S/C15H16N2OS2/c18-15(17-6-8-19-9-7-17)13-11-20-14(16-13)10-12-4-2-1-3-5-12/h1-5,11H,6-10H2. The SMILES string of the molecule is O=C(c1csc(Cc2ccccc2)n1)N1CCSCC1. The third-order valence-electron chi connectivity index (χ3n) is 3.27. The molecule has 0 spiro atoms. The smallest absolute Gasteiger partial charge is 0.273 e. The topological polar surface area (TPSA) is 33.2 Å². The fourth-order valence-electron chi connectivity index (χ4n) is 2.19. The first-order valence-corrected chi connectivity index (χ1v) is 8.72.